The second kappa shape index (κ2) is 7.05. The van der Waals surface area contributed by atoms with Crippen molar-refractivity contribution in [1.82, 2.24) is 0 Å². The van der Waals surface area contributed by atoms with Crippen LogP contribution in [0.15, 0.2) is 77.9 Å². The van der Waals surface area contributed by atoms with Gasteiger partial charge in [0.25, 0.3) is 0 Å². The molecule has 0 saturated heterocycles. The van der Waals surface area contributed by atoms with Crippen molar-refractivity contribution < 1.29 is 0 Å². The molecule has 1 aliphatic carbocycles. The molecule has 3 rings (SSSR count). The lowest BCUT2D eigenvalue weighted by molar-refractivity contribution is 1.41. The van der Waals surface area contributed by atoms with E-state index in [0.29, 0.717) is 16.7 Å². The molecule has 0 aromatic heterocycles. The van der Waals surface area contributed by atoms with Crippen molar-refractivity contribution in [2.75, 3.05) is 0 Å². The summed E-state index contributed by atoms with van der Waals surface area (Å²) in [5, 5.41) is 27.0. The monoisotopic (exact) mass is 318 g/mol. The van der Waals surface area contributed by atoms with Gasteiger partial charge in [-0.05, 0) is 48.5 Å². The first-order valence-electron chi connectivity index (χ1n) is 7.63. The van der Waals surface area contributed by atoms with Gasteiger partial charge < -0.3 is 0 Å². The summed E-state index contributed by atoms with van der Waals surface area (Å²) in [6, 6.07) is 21.1. The highest BCUT2D eigenvalue weighted by Crippen LogP contribution is 2.31. The predicted octanol–water partition coefficient (Wildman–Crippen LogP) is 4.46. The summed E-state index contributed by atoms with van der Waals surface area (Å²) in [7, 11) is 0. The molecule has 3 heteroatoms. The van der Waals surface area contributed by atoms with Crippen LogP contribution >= 0.6 is 0 Å². The average molecular weight is 318 g/mol. The standard InChI is InChI=1S/C22H12N3/c23-13-16-1-7-19(8-2-16)22(20-9-3-17(14-24)4-10-20)21-11-5-18(15-25)6-12-21/h1-12H/q+1. The highest BCUT2D eigenvalue weighted by Gasteiger charge is 2.19. The normalized spacial score (nSPS) is 12.2. The van der Waals surface area contributed by atoms with E-state index in [1.54, 1.807) is 36.4 Å². The Morgan fingerprint density at radius 2 is 1.20 bits per heavy atom. The van der Waals surface area contributed by atoms with Crippen LogP contribution in [-0.4, -0.2) is 0 Å². The van der Waals surface area contributed by atoms with Gasteiger partial charge in [0.05, 0.1) is 28.8 Å². The van der Waals surface area contributed by atoms with Gasteiger partial charge in [0.15, 0.2) is 6.07 Å². The molecule has 1 aliphatic rings. The average Bonchev–Trinajstić information content (AvgIpc) is 2.70. The molecule has 3 nitrogen and oxygen atoms in total. The van der Waals surface area contributed by atoms with E-state index in [9.17, 15) is 0 Å². The number of hydrogen-bond donors (Lipinski definition) is 0. The second-order valence-electron chi connectivity index (χ2n) is 5.44. The molecule has 0 saturated carbocycles. The van der Waals surface area contributed by atoms with E-state index < -0.39 is 0 Å². The Balaban J connectivity index is 2.13. The van der Waals surface area contributed by atoms with Crippen molar-refractivity contribution in [2.45, 2.75) is 0 Å². The molecular weight excluding hydrogens is 306 g/mol. The van der Waals surface area contributed by atoms with Crippen molar-refractivity contribution in [3.05, 3.63) is 107 Å². The van der Waals surface area contributed by atoms with E-state index >= 15 is 0 Å². The van der Waals surface area contributed by atoms with Crippen molar-refractivity contribution >= 4 is 5.57 Å². The van der Waals surface area contributed by atoms with E-state index in [4.69, 9.17) is 15.8 Å². The van der Waals surface area contributed by atoms with Gasteiger partial charge in [0.1, 0.15) is 11.1 Å². The van der Waals surface area contributed by atoms with Gasteiger partial charge in [-0.2, -0.15) is 15.8 Å². The van der Waals surface area contributed by atoms with E-state index in [2.05, 4.69) is 18.2 Å². The Hall–Kier alpha value is -4.00. The van der Waals surface area contributed by atoms with Crippen LogP contribution in [0.4, 0.5) is 0 Å². The Morgan fingerprint density at radius 3 is 1.56 bits per heavy atom. The van der Waals surface area contributed by atoms with Crippen LogP contribution in [0.3, 0.4) is 0 Å². The fraction of sp³-hybridized carbons (Fsp3) is 0. The van der Waals surface area contributed by atoms with E-state index in [-0.39, 0.29) is 0 Å². The molecule has 2 aromatic rings. The molecular formula is C22H12N3+. The van der Waals surface area contributed by atoms with Crippen molar-refractivity contribution in [1.29, 1.82) is 15.8 Å². The van der Waals surface area contributed by atoms with Crippen molar-refractivity contribution in [3.63, 3.8) is 0 Å². The number of allylic oxidation sites excluding steroid dienone is 5. The Morgan fingerprint density at radius 1 is 0.680 bits per heavy atom. The Kier molecular flexibility index (Phi) is 4.48. The number of benzene rings is 2. The zero-order valence-electron chi connectivity index (χ0n) is 13.3. The lowest BCUT2D eigenvalue weighted by atomic mass is 9.88. The maximum atomic E-state index is 9.00. The summed E-state index contributed by atoms with van der Waals surface area (Å²) in [5.74, 6) is 0. The van der Waals surface area contributed by atoms with Crippen LogP contribution in [0.25, 0.3) is 5.57 Å². The first-order chi connectivity index (χ1) is 12.2. The van der Waals surface area contributed by atoms with E-state index in [1.165, 1.54) is 0 Å². The molecule has 0 aliphatic heterocycles. The molecule has 0 bridgehead atoms. The zero-order chi connectivity index (χ0) is 17.6. The maximum Gasteiger partial charge on any atom is 0.151 e. The number of nitriles is 3. The zero-order valence-corrected chi connectivity index (χ0v) is 13.3. The molecule has 114 valence electrons. The summed E-state index contributed by atoms with van der Waals surface area (Å²) in [6.07, 6.45) is 7.37. The molecule has 2 aromatic carbocycles. The summed E-state index contributed by atoms with van der Waals surface area (Å²) in [6.45, 7) is 0. The first kappa shape index (κ1) is 15.9. The lowest BCUT2D eigenvalue weighted by Gasteiger charge is -2.09. The van der Waals surface area contributed by atoms with Crippen LogP contribution < -0.4 is 0 Å². The van der Waals surface area contributed by atoms with Gasteiger partial charge in [-0.25, -0.2) is 0 Å². The van der Waals surface area contributed by atoms with Crippen molar-refractivity contribution in [2.24, 2.45) is 0 Å². The Labute approximate surface area is 146 Å². The third kappa shape index (κ3) is 3.35. The fourth-order valence-electron chi connectivity index (χ4n) is 2.63. The topological polar surface area (TPSA) is 71.4 Å². The molecule has 0 radical (unpaired) electrons. The molecule has 0 N–H and O–H groups in total. The van der Waals surface area contributed by atoms with E-state index in [0.717, 1.165) is 22.3 Å². The minimum absolute atomic E-state index is 0.600. The largest absolute Gasteiger partial charge is 0.192 e. The minimum Gasteiger partial charge on any atom is -0.192 e. The first-order valence-corrected chi connectivity index (χ1v) is 7.63. The van der Waals surface area contributed by atoms with Crippen LogP contribution in [-0.2, 0) is 0 Å². The molecule has 0 amide bonds. The van der Waals surface area contributed by atoms with Crippen LogP contribution in [0.2, 0.25) is 0 Å². The molecule has 0 atom stereocenters. The van der Waals surface area contributed by atoms with Gasteiger partial charge in [-0.1, -0.05) is 0 Å². The van der Waals surface area contributed by atoms with Gasteiger partial charge in [0.2, 0.25) is 0 Å². The summed E-state index contributed by atoms with van der Waals surface area (Å²) >= 11 is 0. The third-order valence-electron chi connectivity index (χ3n) is 3.91. The maximum absolute atomic E-state index is 9.00. The summed E-state index contributed by atoms with van der Waals surface area (Å²) in [4.78, 5) is 0. The molecule has 0 unspecified atom stereocenters. The summed E-state index contributed by atoms with van der Waals surface area (Å²) in [5.41, 5.74) is 5.68. The lowest BCUT2D eigenvalue weighted by Crippen LogP contribution is -1.97. The quantitative estimate of drug-likeness (QED) is 0.768. The molecule has 25 heavy (non-hydrogen) atoms. The second-order valence-corrected chi connectivity index (χ2v) is 5.44. The SMILES string of the molecule is N#CC1=C[CH+]C(=C(c2ccc(C#N)cc2)c2ccc(C#N)cc2)C=C1. The third-order valence-corrected chi connectivity index (χ3v) is 3.91. The predicted molar refractivity (Wildman–Crippen MR) is 95.5 cm³/mol. The Bertz CT molecular complexity index is 954. The number of hydrogen-bond acceptors (Lipinski definition) is 3. The molecule has 0 spiro atoms. The van der Waals surface area contributed by atoms with Crippen LogP contribution in [0.1, 0.15) is 22.3 Å². The molecule has 0 fully saturated rings. The number of rotatable bonds is 2. The van der Waals surface area contributed by atoms with Crippen LogP contribution in [0, 0.1) is 40.4 Å². The molecule has 0 heterocycles. The van der Waals surface area contributed by atoms with Gasteiger partial charge in [-0.15, -0.1) is 0 Å². The number of nitrogens with zero attached hydrogens (tertiary/aromatic N) is 3. The fourth-order valence-corrected chi connectivity index (χ4v) is 2.63. The summed E-state index contributed by atoms with van der Waals surface area (Å²) < 4.78 is 0. The van der Waals surface area contributed by atoms with Gasteiger partial charge in [-0.3, -0.25) is 0 Å². The van der Waals surface area contributed by atoms with Crippen molar-refractivity contribution in [3.8, 4) is 18.2 Å². The smallest absolute Gasteiger partial charge is 0.151 e. The highest BCUT2D eigenvalue weighted by molar-refractivity contribution is 5.86. The van der Waals surface area contributed by atoms with E-state index in [1.807, 2.05) is 36.8 Å². The van der Waals surface area contributed by atoms with Gasteiger partial charge >= 0.3 is 0 Å². The van der Waals surface area contributed by atoms with Gasteiger partial charge in [0, 0.05) is 35.8 Å². The highest BCUT2D eigenvalue weighted by atomic mass is 14.3. The minimum atomic E-state index is 0.600. The van der Waals surface area contributed by atoms with Crippen LogP contribution in [0.5, 0.6) is 0 Å².